The predicted octanol–water partition coefficient (Wildman–Crippen LogP) is 0.692. The van der Waals surface area contributed by atoms with Crippen LogP contribution in [0.5, 0.6) is 5.75 Å². The number of fused-ring (bicyclic) bond motifs is 3. The molecule has 1 amide bonds. The predicted molar refractivity (Wildman–Crippen MR) is 132 cm³/mol. The molecule has 1 aromatic carbocycles. The molecule has 192 valence electrons. The first-order valence-electron chi connectivity index (χ1n) is 11.7. The van der Waals surface area contributed by atoms with Gasteiger partial charge in [0, 0.05) is 28.3 Å². The molecule has 3 aliphatic rings. The van der Waals surface area contributed by atoms with Crippen LogP contribution in [0.25, 0.3) is 11.1 Å². The highest BCUT2D eigenvalue weighted by molar-refractivity contribution is 9.10. The molecule has 6 atom stereocenters. The van der Waals surface area contributed by atoms with Gasteiger partial charge in [0.25, 0.3) is 0 Å². The lowest BCUT2D eigenvalue weighted by Gasteiger charge is -2.52. The van der Waals surface area contributed by atoms with Crippen LogP contribution in [-0.2, 0) is 25.6 Å². The number of primary amides is 1. The zero-order valence-electron chi connectivity index (χ0n) is 20.0. The molecule has 0 spiro atoms. The Morgan fingerprint density at radius 2 is 1.86 bits per heavy atom. The second-order valence-electron chi connectivity index (χ2n) is 10.2. The van der Waals surface area contributed by atoms with Crippen molar-refractivity contribution < 1.29 is 34.2 Å². The number of amides is 1. The Balaban J connectivity index is 1.67. The molecule has 1 heterocycles. The van der Waals surface area contributed by atoms with Crippen LogP contribution in [-0.4, -0.2) is 74.9 Å². The van der Waals surface area contributed by atoms with Crippen LogP contribution in [0.15, 0.2) is 35.1 Å². The SMILES string of the molecule is CN(C)[C@H]1C(=O)C(C(N)=O)C(=O)[C@]2(O)C(=O)C3C(=O)c4c(O)ccc(-c5cncc(Br)c5)c4C[C@@H]3C[C@H]12. The van der Waals surface area contributed by atoms with E-state index in [-0.39, 0.29) is 24.2 Å². The summed E-state index contributed by atoms with van der Waals surface area (Å²) in [5, 5.41) is 22.3. The van der Waals surface area contributed by atoms with Crippen molar-refractivity contribution in [3.8, 4) is 16.9 Å². The lowest BCUT2D eigenvalue weighted by atomic mass is 9.52. The Labute approximate surface area is 220 Å². The number of rotatable bonds is 3. The number of phenolic OH excluding ortho intramolecular Hbond substituents is 1. The first kappa shape index (κ1) is 25.4. The molecule has 2 saturated carbocycles. The zero-order valence-corrected chi connectivity index (χ0v) is 21.6. The number of halogens is 1. The van der Waals surface area contributed by atoms with E-state index in [1.165, 1.54) is 11.0 Å². The molecule has 0 saturated heterocycles. The standard InChI is InChI=1S/C26H24BrN3O7/c1-30(2)20-15-7-10-6-14-13(11-5-12(27)9-29-8-11)3-4-16(31)18(14)21(32)17(10)23(34)26(15,37)24(35)19(22(20)33)25(28)36/h3-5,8-10,15,17,19-20,31,37H,6-7H2,1-2H3,(H2,28,36)/t10-,15-,17?,19?,20-,26-/m1/s1. The molecule has 10 nitrogen and oxygen atoms in total. The molecule has 4 N–H and O–H groups in total. The fraction of sp³-hybridized carbons (Fsp3) is 0.385. The Kier molecular flexibility index (Phi) is 5.93. The van der Waals surface area contributed by atoms with Crippen LogP contribution < -0.4 is 5.73 Å². The smallest absolute Gasteiger partial charge is 0.235 e. The monoisotopic (exact) mass is 569 g/mol. The summed E-state index contributed by atoms with van der Waals surface area (Å²) < 4.78 is 0.710. The summed E-state index contributed by atoms with van der Waals surface area (Å²) in [6.07, 6.45) is 3.40. The number of carbonyl (C=O) groups is 5. The van der Waals surface area contributed by atoms with Crippen molar-refractivity contribution in [2.45, 2.75) is 24.5 Å². The van der Waals surface area contributed by atoms with Crippen molar-refractivity contribution in [1.82, 2.24) is 9.88 Å². The average molecular weight is 570 g/mol. The van der Waals surface area contributed by atoms with Gasteiger partial charge < -0.3 is 15.9 Å². The quantitative estimate of drug-likeness (QED) is 0.450. The van der Waals surface area contributed by atoms with E-state index in [0.29, 0.717) is 21.2 Å². The molecular weight excluding hydrogens is 546 g/mol. The molecule has 3 aliphatic carbocycles. The third-order valence-corrected chi connectivity index (χ3v) is 8.39. The summed E-state index contributed by atoms with van der Waals surface area (Å²) in [6, 6.07) is 3.69. The molecule has 2 unspecified atom stereocenters. The van der Waals surface area contributed by atoms with Gasteiger partial charge in [-0.1, -0.05) is 6.07 Å². The fourth-order valence-electron chi connectivity index (χ4n) is 6.43. The van der Waals surface area contributed by atoms with E-state index in [9.17, 15) is 34.2 Å². The number of Topliss-reactive ketones (excluding diaryl/α,β-unsaturated/α-hetero) is 4. The van der Waals surface area contributed by atoms with Crippen LogP contribution in [0, 0.1) is 23.7 Å². The van der Waals surface area contributed by atoms with Crippen molar-refractivity contribution in [1.29, 1.82) is 0 Å². The fourth-order valence-corrected chi connectivity index (χ4v) is 6.80. The maximum absolute atomic E-state index is 13.8. The van der Waals surface area contributed by atoms with Gasteiger partial charge in [-0.05, 0) is 72.0 Å². The third-order valence-electron chi connectivity index (χ3n) is 7.96. The minimum Gasteiger partial charge on any atom is -0.507 e. The number of hydrogen-bond donors (Lipinski definition) is 3. The first-order chi connectivity index (χ1) is 17.4. The molecular formula is C26H24BrN3O7. The summed E-state index contributed by atoms with van der Waals surface area (Å²) in [4.78, 5) is 71.7. The topological polar surface area (TPSA) is 168 Å². The van der Waals surface area contributed by atoms with E-state index < -0.39 is 64.4 Å². The summed E-state index contributed by atoms with van der Waals surface area (Å²) >= 11 is 3.38. The second-order valence-corrected chi connectivity index (χ2v) is 11.1. The van der Waals surface area contributed by atoms with Crippen LogP contribution in [0.4, 0.5) is 0 Å². The van der Waals surface area contributed by atoms with Gasteiger partial charge >= 0.3 is 0 Å². The number of ketones is 4. The summed E-state index contributed by atoms with van der Waals surface area (Å²) in [5.74, 6) is -10.7. The highest BCUT2D eigenvalue weighted by Crippen LogP contribution is 2.51. The van der Waals surface area contributed by atoms with Gasteiger partial charge in [-0.2, -0.15) is 0 Å². The number of nitrogens with two attached hydrogens (primary N) is 1. The Morgan fingerprint density at radius 1 is 1.16 bits per heavy atom. The van der Waals surface area contributed by atoms with Crippen molar-refractivity contribution in [3.05, 3.63) is 46.2 Å². The van der Waals surface area contributed by atoms with Crippen molar-refractivity contribution in [3.63, 3.8) is 0 Å². The molecule has 37 heavy (non-hydrogen) atoms. The minimum absolute atomic E-state index is 0.00424. The van der Waals surface area contributed by atoms with Crippen molar-refractivity contribution in [2.24, 2.45) is 29.4 Å². The maximum Gasteiger partial charge on any atom is 0.235 e. The number of benzene rings is 1. The van der Waals surface area contributed by atoms with Crippen LogP contribution >= 0.6 is 15.9 Å². The van der Waals surface area contributed by atoms with Gasteiger partial charge in [-0.3, -0.25) is 33.9 Å². The molecule has 11 heteroatoms. The van der Waals surface area contributed by atoms with Gasteiger partial charge in [0.05, 0.1) is 17.5 Å². The number of likely N-dealkylation sites (N-methyl/N-ethyl adjacent to an activating group) is 1. The number of hydrogen-bond acceptors (Lipinski definition) is 9. The van der Waals surface area contributed by atoms with Gasteiger partial charge in [-0.25, -0.2) is 0 Å². The van der Waals surface area contributed by atoms with Crippen molar-refractivity contribution >= 4 is 45.0 Å². The Hall–Kier alpha value is -3.28. The van der Waals surface area contributed by atoms with Gasteiger partial charge in [0.15, 0.2) is 34.7 Å². The molecule has 0 radical (unpaired) electrons. The number of nitrogens with zero attached hydrogens (tertiary/aromatic N) is 2. The van der Waals surface area contributed by atoms with Gasteiger partial charge in [-0.15, -0.1) is 0 Å². The van der Waals surface area contributed by atoms with Gasteiger partial charge in [0.2, 0.25) is 5.91 Å². The van der Waals surface area contributed by atoms with Crippen LogP contribution in [0.2, 0.25) is 0 Å². The molecule has 0 bridgehead atoms. The number of aromatic nitrogens is 1. The Morgan fingerprint density at radius 3 is 2.49 bits per heavy atom. The molecule has 2 fully saturated rings. The van der Waals surface area contributed by atoms with E-state index >= 15 is 0 Å². The number of phenols is 1. The lowest BCUT2D eigenvalue weighted by molar-refractivity contribution is -0.181. The first-order valence-corrected chi connectivity index (χ1v) is 12.5. The highest BCUT2D eigenvalue weighted by Gasteiger charge is 2.69. The summed E-state index contributed by atoms with van der Waals surface area (Å²) in [7, 11) is 3.09. The highest BCUT2D eigenvalue weighted by atomic mass is 79.9. The lowest BCUT2D eigenvalue weighted by Crippen LogP contribution is -2.74. The number of aliphatic hydroxyl groups is 1. The van der Waals surface area contributed by atoms with E-state index in [2.05, 4.69) is 20.9 Å². The van der Waals surface area contributed by atoms with E-state index in [1.54, 1.807) is 32.6 Å². The summed E-state index contributed by atoms with van der Waals surface area (Å²) in [6.45, 7) is 0. The largest absolute Gasteiger partial charge is 0.507 e. The number of aromatic hydroxyl groups is 1. The molecule has 5 rings (SSSR count). The third kappa shape index (κ3) is 3.52. The van der Waals surface area contributed by atoms with Gasteiger partial charge in [0.1, 0.15) is 5.75 Å². The number of carbonyl (C=O) groups excluding carboxylic acids is 5. The second kappa shape index (κ2) is 8.64. The average Bonchev–Trinajstić information content (AvgIpc) is 2.81. The van der Waals surface area contributed by atoms with E-state index in [1.807, 2.05) is 6.07 Å². The maximum atomic E-state index is 13.8. The molecule has 0 aliphatic heterocycles. The van der Waals surface area contributed by atoms with Crippen LogP contribution in [0.1, 0.15) is 22.3 Å². The minimum atomic E-state index is -2.74. The number of pyridine rings is 1. The summed E-state index contributed by atoms with van der Waals surface area (Å²) in [5.41, 5.74) is 4.40. The van der Waals surface area contributed by atoms with Crippen molar-refractivity contribution in [2.75, 3.05) is 14.1 Å². The molecule has 1 aromatic heterocycles. The normalized spacial score (nSPS) is 31.1. The van der Waals surface area contributed by atoms with E-state index in [4.69, 9.17) is 5.73 Å². The molecule has 2 aromatic rings. The zero-order chi connectivity index (χ0) is 27.0. The Bertz CT molecular complexity index is 1410. The van der Waals surface area contributed by atoms with Crippen LogP contribution in [0.3, 0.4) is 0 Å². The van der Waals surface area contributed by atoms with E-state index in [0.717, 1.165) is 0 Å².